The van der Waals surface area contributed by atoms with E-state index in [1.165, 1.54) is 10.6 Å². The molecule has 10 heteroatoms. The van der Waals surface area contributed by atoms with E-state index < -0.39 is 38.9 Å². The van der Waals surface area contributed by atoms with Gasteiger partial charge in [-0.25, -0.2) is 13.4 Å². The third kappa shape index (κ3) is 6.13. The van der Waals surface area contributed by atoms with E-state index in [1.54, 1.807) is 30.3 Å². The molecular formula is C23H26F3N3O3S. The van der Waals surface area contributed by atoms with Crippen LogP contribution < -0.4 is 5.32 Å². The van der Waals surface area contributed by atoms with Crippen LogP contribution in [0.2, 0.25) is 0 Å². The molecular weight excluding hydrogens is 455 g/mol. The van der Waals surface area contributed by atoms with Crippen molar-refractivity contribution in [2.75, 3.05) is 6.26 Å². The van der Waals surface area contributed by atoms with Crippen molar-refractivity contribution in [2.24, 2.45) is 5.41 Å². The second kappa shape index (κ2) is 8.81. The van der Waals surface area contributed by atoms with Crippen LogP contribution in [0.25, 0.3) is 11.0 Å². The molecule has 1 aromatic heterocycles. The molecule has 6 nitrogen and oxygen atoms in total. The molecule has 0 aliphatic heterocycles. The van der Waals surface area contributed by atoms with Gasteiger partial charge < -0.3 is 9.88 Å². The van der Waals surface area contributed by atoms with Crippen LogP contribution in [0.3, 0.4) is 0 Å². The Morgan fingerprint density at radius 1 is 1.09 bits per heavy atom. The zero-order valence-corrected chi connectivity index (χ0v) is 19.6. The summed E-state index contributed by atoms with van der Waals surface area (Å²) in [6.45, 7) is 5.23. The van der Waals surface area contributed by atoms with Gasteiger partial charge in [0.1, 0.15) is 18.1 Å². The number of sulfone groups is 1. The summed E-state index contributed by atoms with van der Waals surface area (Å²) in [4.78, 5) is 17.4. The van der Waals surface area contributed by atoms with Crippen LogP contribution in [0.1, 0.15) is 43.8 Å². The van der Waals surface area contributed by atoms with Gasteiger partial charge in [-0.15, -0.1) is 0 Å². The van der Waals surface area contributed by atoms with Gasteiger partial charge in [-0.1, -0.05) is 45.0 Å². The van der Waals surface area contributed by atoms with Crippen molar-refractivity contribution in [3.63, 3.8) is 0 Å². The van der Waals surface area contributed by atoms with E-state index in [0.29, 0.717) is 16.6 Å². The summed E-state index contributed by atoms with van der Waals surface area (Å²) >= 11 is 0. The molecule has 0 aliphatic carbocycles. The lowest BCUT2D eigenvalue weighted by atomic mass is 9.82. The quantitative estimate of drug-likeness (QED) is 0.562. The molecule has 2 aromatic carbocycles. The van der Waals surface area contributed by atoms with Gasteiger partial charge in [0.15, 0.2) is 9.84 Å². The highest BCUT2D eigenvalue weighted by molar-refractivity contribution is 7.89. The zero-order valence-electron chi connectivity index (χ0n) is 18.8. The first-order valence-corrected chi connectivity index (χ1v) is 12.3. The number of hydrogen-bond donors (Lipinski definition) is 1. The van der Waals surface area contributed by atoms with Gasteiger partial charge in [0.25, 0.3) is 0 Å². The van der Waals surface area contributed by atoms with Gasteiger partial charge in [-0.05, 0) is 35.2 Å². The fourth-order valence-corrected chi connectivity index (χ4v) is 4.38. The molecule has 178 valence electrons. The van der Waals surface area contributed by atoms with Gasteiger partial charge >= 0.3 is 6.18 Å². The summed E-state index contributed by atoms with van der Waals surface area (Å²) in [5.74, 6) is -0.587. The normalized spacial score (nSPS) is 13.8. The molecule has 3 aromatic rings. The van der Waals surface area contributed by atoms with Crippen molar-refractivity contribution in [1.82, 2.24) is 14.9 Å². The number of amides is 1. The number of imidazole rings is 1. The molecule has 0 bridgehead atoms. The third-order valence-electron chi connectivity index (χ3n) is 5.15. The topological polar surface area (TPSA) is 81.1 Å². The number of halogens is 3. The zero-order chi connectivity index (χ0) is 24.6. The maximum absolute atomic E-state index is 13.2. The van der Waals surface area contributed by atoms with E-state index in [9.17, 15) is 26.4 Å². The van der Waals surface area contributed by atoms with Crippen LogP contribution in [-0.2, 0) is 33.1 Å². The fourth-order valence-electron chi connectivity index (χ4n) is 3.69. The lowest BCUT2D eigenvalue weighted by Gasteiger charge is -2.32. The first-order valence-electron chi connectivity index (χ1n) is 10.2. The molecule has 1 unspecified atom stereocenters. The number of hydrogen-bond acceptors (Lipinski definition) is 4. The van der Waals surface area contributed by atoms with E-state index in [4.69, 9.17) is 0 Å². The van der Waals surface area contributed by atoms with E-state index in [-0.39, 0.29) is 18.1 Å². The molecule has 0 radical (unpaired) electrons. The number of benzene rings is 2. The Balaban J connectivity index is 1.94. The van der Waals surface area contributed by atoms with E-state index in [0.717, 1.165) is 18.4 Å². The third-order valence-corrected chi connectivity index (χ3v) is 5.93. The lowest BCUT2D eigenvalue weighted by molar-refractivity contribution is -0.137. The second-order valence-electron chi connectivity index (χ2n) is 9.16. The standard InChI is InChI=1S/C23H26F3N3O3S/c1-22(2,3)21(15-8-7-9-16(12-15)23(24,25)26)28-20(30)13-29-18-11-6-5-10-17(18)27-19(29)14-33(4,31)32/h5-12,21H,13-14H2,1-4H3,(H,28,30). The summed E-state index contributed by atoms with van der Waals surface area (Å²) in [6.07, 6.45) is -3.42. The van der Waals surface area contributed by atoms with Crippen LogP contribution in [0.4, 0.5) is 13.2 Å². The number of para-hydroxylation sites is 2. The van der Waals surface area contributed by atoms with E-state index >= 15 is 0 Å². The van der Waals surface area contributed by atoms with Crippen LogP contribution in [-0.4, -0.2) is 30.1 Å². The van der Waals surface area contributed by atoms with Crippen molar-refractivity contribution in [2.45, 2.75) is 45.3 Å². The van der Waals surface area contributed by atoms with Crippen LogP contribution in [0.5, 0.6) is 0 Å². The van der Waals surface area contributed by atoms with E-state index in [1.807, 2.05) is 20.8 Å². The number of carbonyl (C=O) groups excluding carboxylic acids is 1. The molecule has 1 amide bonds. The summed E-state index contributed by atoms with van der Waals surface area (Å²) in [6, 6.07) is 11.1. The van der Waals surface area contributed by atoms with Crippen LogP contribution in [0, 0.1) is 5.41 Å². The molecule has 1 N–H and O–H groups in total. The molecule has 1 heterocycles. The average molecular weight is 482 g/mol. The van der Waals surface area contributed by atoms with E-state index in [2.05, 4.69) is 10.3 Å². The number of carbonyl (C=O) groups is 1. The van der Waals surface area contributed by atoms with Crippen molar-refractivity contribution < 1.29 is 26.4 Å². The summed E-state index contributed by atoms with van der Waals surface area (Å²) < 4.78 is 65.0. The van der Waals surface area contributed by atoms with Gasteiger partial charge in [-0.2, -0.15) is 13.2 Å². The molecule has 3 rings (SSSR count). The van der Waals surface area contributed by atoms with Crippen LogP contribution in [0.15, 0.2) is 48.5 Å². The van der Waals surface area contributed by atoms with Crippen molar-refractivity contribution in [3.8, 4) is 0 Å². The Hall–Kier alpha value is -2.88. The SMILES string of the molecule is CC(C)(C)C(NC(=O)Cn1c(CS(C)(=O)=O)nc2ccccc21)c1cccc(C(F)(F)F)c1. The highest BCUT2D eigenvalue weighted by Gasteiger charge is 2.33. The number of alkyl halides is 3. The minimum absolute atomic E-state index is 0.222. The Kier molecular flexibility index (Phi) is 6.61. The predicted octanol–water partition coefficient (Wildman–Crippen LogP) is 4.50. The van der Waals surface area contributed by atoms with Gasteiger partial charge in [0, 0.05) is 6.26 Å². The number of nitrogens with one attached hydrogen (secondary N) is 1. The molecule has 33 heavy (non-hydrogen) atoms. The Labute approximate surface area is 190 Å². The van der Waals surface area contributed by atoms with Gasteiger partial charge in [0.2, 0.25) is 5.91 Å². The minimum atomic E-state index is -4.50. The smallest absolute Gasteiger partial charge is 0.347 e. The Morgan fingerprint density at radius 3 is 2.36 bits per heavy atom. The number of aromatic nitrogens is 2. The number of nitrogens with zero attached hydrogens (tertiary/aromatic N) is 2. The number of fused-ring (bicyclic) bond motifs is 1. The molecule has 0 spiro atoms. The maximum atomic E-state index is 13.2. The average Bonchev–Trinajstić information content (AvgIpc) is 3.00. The highest BCUT2D eigenvalue weighted by atomic mass is 32.2. The van der Waals surface area contributed by atoms with Crippen LogP contribution >= 0.6 is 0 Å². The first kappa shape index (κ1) is 24.8. The molecule has 0 saturated heterocycles. The number of rotatable bonds is 6. The van der Waals surface area contributed by atoms with Gasteiger partial charge in [-0.3, -0.25) is 4.79 Å². The molecule has 0 fully saturated rings. The van der Waals surface area contributed by atoms with Crippen molar-refractivity contribution >= 4 is 26.8 Å². The Morgan fingerprint density at radius 2 is 1.76 bits per heavy atom. The predicted molar refractivity (Wildman–Crippen MR) is 120 cm³/mol. The minimum Gasteiger partial charge on any atom is -0.347 e. The monoisotopic (exact) mass is 481 g/mol. The maximum Gasteiger partial charge on any atom is 0.416 e. The fraction of sp³-hybridized carbons (Fsp3) is 0.391. The Bertz CT molecular complexity index is 1280. The van der Waals surface area contributed by atoms with Gasteiger partial charge in [0.05, 0.1) is 22.6 Å². The lowest BCUT2D eigenvalue weighted by Crippen LogP contribution is -2.38. The van der Waals surface area contributed by atoms with Crippen molar-refractivity contribution in [1.29, 1.82) is 0 Å². The molecule has 0 saturated carbocycles. The molecule has 1 atom stereocenters. The largest absolute Gasteiger partial charge is 0.416 e. The first-order chi connectivity index (χ1) is 15.1. The summed E-state index contributed by atoms with van der Waals surface area (Å²) in [5.41, 5.74) is 0.0934. The van der Waals surface area contributed by atoms with Crippen molar-refractivity contribution in [3.05, 3.63) is 65.5 Å². The molecule has 0 aliphatic rings. The highest BCUT2D eigenvalue weighted by Crippen LogP contribution is 2.36. The summed E-state index contributed by atoms with van der Waals surface area (Å²) in [5, 5.41) is 2.84. The second-order valence-corrected chi connectivity index (χ2v) is 11.3. The summed E-state index contributed by atoms with van der Waals surface area (Å²) in [7, 11) is -3.41.